The van der Waals surface area contributed by atoms with Gasteiger partial charge in [0.15, 0.2) is 6.29 Å². The fraction of sp³-hybridized carbons (Fsp3) is 0.364. The molecular weight excluding hydrogens is 162 g/mol. The molecule has 1 aromatic rings. The second kappa shape index (κ2) is 3.60. The van der Waals surface area contributed by atoms with Crippen LogP contribution in [0.15, 0.2) is 18.2 Å². The normalized spacial score (nSPS) is 10.1. The molecule has 0 amide bonds. The Labute approximate surface area is 78.9 Å². The van der Waals surface area contributed by atoms with E-state index in [0.29, 0.717) is 0 Å². The minimum atomic E-state index is 0.777. The van der Waals surface area contributed by atoms with Crippen molar-refractivity contribution in [2.75, 3.05) is 0 Å². The van der Waals surface area contributed by atoms with Crippen molar-refractivity contribution >= 4 is 6.29 Å². The summed E-state index contributed by atoms with van der Waals surface area (Å²) in [6.45, 7) is 10.6. The van der Waals surface area contributed by atoms with Gasteiger partial charge in [-0.2, -0.15) is 0 Å². The molecule has 0 spiro atoms. The molecule has 0 saturated carbocycles. The molecule has 0 unspecified atom stereocenters. The number of carbonyl (C=O) groups excluding carboxylic acids is 1. The van der Waals surface area contributed by atoms with Gasteiger partial charge in [0.2, 0.25) is 0 Å². The van der Waals surface area contributed by atoms with E-state index in [-0.39, 0.29) is 0 Å². The Hall–Kier alpha value is -1.31. The summed E-state index contributed by atoms with van der Waals surface area (Å²) < 4.78 is 2.10. The molecule has 13 heavy (non-hydrogen) atoms. The molecule has 0 aliphatic rings. The van der Waals surface area contributed by atoms with Crippen LogP contribution < -0.4 is 0 Å². The standard InChI is InChI=1S/C11H15NO/c1-8(2)6-12-9(3)5-11(7-13)10(12)4/h5,7H,1,6H2,2-4H3. The first-order valence-electron chi connectivity index (χ1n) is 4.32. The van der Waals surface area contributed by atoms with Gasteiger partial charge in [-0.1, -0.05) is 12.2 Å². The zero-order valence-electron chi connectivity index (χ0n) is 8.42. The summed E-state index contributed by atoms with van der Waals surface area (Å²) in [6, 6.07) is 1.91. The van der Waals surface area contributed by atoms with Crippen LogP contribution >= 0.6 is 0 Å². The van der Waals surface area contributed by atoms with Crippen molar-refractivity contribution in [3.05, 3.63) is 35.2 Å². The largest absolute Gasteiger partial charge is 0.344 e. The summed E-state index contributed by atoms with van der Waals surface area (Å²) in [5.74, 6) is 0. The van der Waals surface area contributed by atoms with E-state index in [4.69, 9.17) is 0 Å². The Morgan fingerprint density at radius 3 is 2.62 bits per heavy atom. The van der Waals surface area contributed by atoms with Crippen molar-refractivity contribution in [2.24, 2.45) is 0 Å². The SMILES string of the molecule is C=C(C)Cn1c(C)cc(C=O)c1C. The lowest BCUT2D eigenvalue weighted by molar-refractivity contribution is 0.112. The third-order valence-corrected chi connectivity index (χ3v) is 2.17. The minimum Gasteiger partial charge on any atom is -0.344 e. The summed E-state index contributed by atoms with van der Waals surface area (Å²) in [5, 5.41) is 0. The maximum Gasteiger partial charge on any atom is 0.151 e. The molecule has 0 fully saturated rings. The molecule has 2 nitrogen and oxygen atoms in total. The predicted octanol–water partition coefficient (Wildman–Crippen LogP) is 2.49. The molecule has 0 aliphatic carbocycles. The van der Waals surface area contributed by atoms with E-state index in [1.807, 2.05) is 26.8 Å². The van der Waals surface area contributed by atoms with Crippen molar-refractivity contribution in [1.29, 1.82) is 0 Å². The van der Waals surface area contributed by atoms with Crippen molar-refractivity contribution in [1.82, 2.24) is 4.57 Å². The molecule has 1 rings (SSSR count). The molecule has 0 atom stereocenters. The zero-order chi connectivity index (χ0) is 10.0. The summed E-state index contributed by atoms with van der Waals surface area (Å²) in [6.07, 6.45) is 0.900. The van der Waals surface area contributed by atoms with Gasteiger partial charge in [0.25, 0.3) is 0 Å². The maximum absolute atomic E-state index is 10.6. The number of rotatable bonds is 3. The van der Waals surface area contributed by atoms with Gasteiger partial charge in [-0.05, 0) is 26.8 Å². The monoisotopic (exact) mass is 177 g/mol. The lowest BCUT2D eigenvalue weighted by Gasteiger charge is -2.08. The Bertz CT molecular complexity index is 347. The van der Waals surface area contributed by atoms with Gasteiger partial charge in [-0.3, -0.25) is 4.79 Å². The van der Waals surface area contributed by atoms with Crippen LogP contribution in [0.25, 0.3) is 0 Å². The molecule has 0 bridgehead atoms. The lowest BCUT2D eigenvalue weighted by Crippen LogP contribution is -2.03. The number of aldehydes is 1. The highest BCUT2D eigenvalue weighted by atomic mass is 16.1. The number of aryl methyl sites for hydroxylation is 1. The first-order valence-corrected chi connectivity index (χ1v) is 4.32. The second-order valence-corrected chi connectivity index (χ2v) is 3.49. The van der Waals surface area contributed by atoms with Crippen LogP contribution in [0.5, 0.6) is 0 Å². The van der Waals surface area contributed by atoms with E-state index >= 15 is 0 Å². The number of hydrogen-bond acceptors (Lipinski definition) is 1. The third-order valence-electron chi connectivity index (χ3n) is 2.17. The van der Waals surface area contributed by atoms with Gasteiger partial charge < -0.3 is 4.57 Å². The van der Waals surface area contributed by atoms with Gasteiger partial charge in [0.05, 0.1) is 0 Å². The Kier molecular flexibility index (Phi) is 2.71. The van der Waals surface area contributed by atoms with Crippen LogP contribution in [0.4, 0.5) is 0 Å². The average molecular weight is 177 g/mol. The van der Waals surface area contributed by atoms with E-state index in [0.717, 1.165) is 35.4 Å². The van der Waals surface area contributed by atoms with Crippen LogP contribution in [0.1, 0.15) is 28.7 Å². The summed E-state index contributed by atoms with van der Waals surface area (Å²) in [7, 11) is 0. The van der Waals surface area contributed by atoms with E-state index < -0.39 is 0 Å². The fourth-order valence-corrected chi connectivity index (χ4v) is 1.46. The molecule has 2 heteroatoms. The molecule has 0 aliphatic heterocycles. The number of allylic oxidation sites excluding steroid dienone is 1. The molecule has 0 aromatic carbocycles. The highest BCUT2D eigenvalue weighted by molar-refractivity contribution is 5.77. The molecule has 70 valence electrons. The lowest BCUT2D eigenvalue weighted by atomic mass is 10.3. The van der Waals surface area contributed by atoms with Crippen molar-refractivity contribution in [3.63, 3.8) is 0 Å². The molecular formula is C11H15NO. The van der Waals surface area contributed by atoms with Gasteiger partial charge >= 0.3 is 0 Å². The fourth-order valence-electron chi connectivity index (χ4n) is 1.46. The van der Waals surface area contributed by atoms with E-state index in [2.05, 4.69) is 11.1 Å². The molecule has 1 heterocycles. The summed E-state index contributed by atoms with van der Waals surface area (Å²) in [5.41, 5.74) is 4.01. The van der Waals surface area contributed by atoms with Crippen molar-refractivity contribution in [2.45, 2.75) is 27.3 Å². The van der Waals surface area contributed by atoms with E-state index in [1.54, 1.807) is 0 Å². The summed E-state index contributed by atoms with van der Waals surface area (Å²) in [4.78, 5) is 10.6. The Balaban J connectivity index is 3.12. The van der Waals surface area contributed by atoms with Crippen LogP contribution in [-0.2, 0) is 6.54 Å². The van der Waals surface area contributed by atoms with Gasteiger partial charge in [0.1, 0.15) is 0 Å². The summed E-state index contributed by atoms with van der Waals surface area (Å²) >= 11 is 0. The van der Waals surface area contributed by atoms with Crippen molar-refractivity contribution < 1.29 is 4.79 Å². The third kappa shape index (κ3) is 1.89. The van der Waals surface area contributed by atoms with Crippen LogP contribution in [0.2, 0.25) is 0 Å². The van der Waals surface area contributed by atoms with Crippen molar-refractivity contribution in [3.8, 4) is 0 Å². The molecule has 1 aromatic heterocycles. The number of carbonyl (C=O) groups is 1. The zero-order valence-corrected chi connectivity index (χ0v) is 8.42. The van der Waals surface area contributed by atoms with Crippen LogP contribution in [-0.4, -0.2) is 10.9 Å². The average Bonchev–Trinajstić information content (AvgIpc) is 2.31. The highest BCUT2D eigenvalue weighted by Gasteiger charge is 2.07. The minimum absolute atomic E-state index is 0.777. The van der Waals surface area contributed by atoms with Gasteiger partial charge in [-0.15, -0.1) is 0 Å². The Morgan fingerprint density at radius 1 is 1.62 bits per heavy atom. The number of nitrogens with zero attached hydrogens (tertiary/aromatic N) is 1. The van der Waals surface area contributed by atoms with E-state index in [9.17, 15) is 4.79 Å². The Morgan fingerprint density at radius 2 is 2.23 bits per heavy atom. The molecule has 0 N–H and O–H groups in total. The van der Waals surface area contributed by atoms with Gasteiger partial charge in [-0.25, -0.2) is 0 Å². The van der Waals surface area contributed by atoms with E-state index in [1.165, 1.54) is 0 Å². The van der Waals surface area contributed by atoms with Crippen LogP contribution in [0, 0.1) is 13.8 Å². The second-order valence-electron chi connectivity index (χ2n) is 3.49. The maximum atomic E-state index is 10.6. The molecule has 0 radical (unpaired) electrons. The smallest absolute Gasteiger partial charge is 0.151 e. The quantitative estimate of drug-likeness (QED) is 0.513. The highest BCUT2D eigenvalue weighted by Crippen LogP contribution is 2.14. The topological polar surface area (TPSA) is 22.0 Å². The molecule has 0 saturated heterocycles. The first-order chi connectivity index (χ1) is 6.06. The predicted molar refractivity (Wildman–Crippen MR) is 54.1 cm³/mol. The van der Waals surface area contributed by atoms with Crippen LogP contribution in [0.3, 0.4) is 0 Å². The van der Waals surface area contributed by atoms with Gasteiger partial charge in [0, 0.05) is 23.5 Å². The number of hydrogen-bond donors (Lipinski definition) is 0. The first kappa shape index (κ1) is 9.78. The number of aromatic nitrogens is 1.